The lowest BCUT2D eigenvalue weighted by Gasteiger charge is -2.44. The van der Waals surface area contributed by atoms with E-state index in [1.165, 1.54) is 25.7 Å². The van der Waals surface area contributed by atoms with Crippen LogP contribution in [-0.2, 0) is 4.74 Å². The number of likely N-dealkylation sites (tertiary alicyclic amines) is 1. The predicted octanol–water partition coefficient (Wildman–Crippen LogP) is 2.25. The third kappa shape index (κ3) is 4.58. The van der Waals surface area contributed by atoms with E-state index in [1.54, 1.807) is 0 Å². The third-order valence-corrected chi connectivity index (χ3v) is 4.48. The van der Waals surface area contributed by atoms with Crippen molar-refractivity contribution in [2.45, 2.75) is 76.5 Å². The summed E-state index contributed by atoms with van der Waals surface area (Å²) in [4.78, 5) is 14.1. The molecule has 5 heteroatoms. The average Bonchev–Trinajstić information content (AvgIpc) is 2.90. The van der Waals surface area contributed by atoms with Crippen LogP contribution in [0.2, 0.25) is 0 Å². The number of ether oxygens (including phenoxy) is 1. The van der Waals surface area contributed by atoms with E-state index in [9.17, 15) is 4.79 Å². The summed E-state index contributed by atoms with van der Waals surface area (Å²) in [7, 11) is 0. The maximum Gasteiger partial charge on any atom is 0.410 e. The van der Waals surface area contributed by atoms with Crippen LogP contribution in [0.15, 0.2) is 0 Å². The van der Waals surface area contributed by atoms with Gasteiger partial charge in [0.25, 0.3) is 0 Å². The summed E-state index contributed by atoms with van der Waals surface area (Å²) < 4.78 is 5.50. The Morgan fingerprint density at radius 2 is 2.00 bits per heavy atom. The smallest absolute Gasteiger partial charge is 0.410 e. The zero-order valence-electron chi connectivity index (χ0n) is 13.8. The molecule has 2 rings (SSSR count). The Morgan fingerprint density at radius 1 is 1.33 bits per heavy atom. The van der Waals surface area contributed by atoms with Crippen molar-refractivity contribution in [2.24, 2.45) is 5.73 Å². The van der Waals surface area contributed by atoms with E-state index >= 15 is 0 Å². The van der Waals surface area contributed by atoms with Gasteiger partial charge in [0.2, 0.25) is 0 Å². The Balaban J connectivity index is 1.98. The monoisotopic (exact) mass is 297 g/mol. The molecule has 1 saturated heterocycles. The van der Waals surface area contributed by atoms with Crippen LogP contribution in [0.3, 0.4) is 0 Å². The lowest BCUT2D eigenvalue weighted by molar-refractivity contribution is 0.0105. The number of amides is 1. The van der Waals surface area contributed by atoms with Crippen molar-refractivity contribution < 1.29 is 9.53 Å². The molecule has 0 bridgehead atoms. The van der Waals surface area contributed by atoms with Crippen LogP contribution in [0.25, 0.3) is 0 Å². The normalized spacial score (nSPS) is 27.9. The Morgan fingerprint density at radius 3 is 2.57 bits per heavy atom. The highest BCUT2D eigenvalue weighted by atomic mass is 16.6. The molecule has 1 heterocycles. The summed E-state index contributed by atoms with van der Waals surface area (Å²) in [6.07, 6.45) is 6.87. The standard InChI is InChI=1S/C16H31N3O2/c1-15(2,3)21-14(20)19-10-6-9-16(11-17,12-19)18-13-7-4-5-8-13/h13,18H,4-12,17H2,1-3H3. The molecular formula is C16H31N3O2. The third-order valence-electron chi connectivity index (χ3n) is 4.48. The molecule has 1 amide bonds. The van der Waals surface area contributed by atoms with Gasteiger partial charge in [0.1, 0.15) is 5.60 Å². The quantitative estimate of drug-likeness (QED) is 0.838. The largest absolute Gasteiger partial charge is 0.444 e. The van der Waals surface area contributed by atoms with Gasteiger partial charge in [0.05, 0.1) is 0 Å². The van der Waals surface area contributed by atoms with Crippen LogP contribution in [0, 0.1) is 0 Å². The Bertz CT molecular complexity index is 361. The van der Waals surface area contributed by atoms with Gasteiger partial charge in [-0.15, -0.1) is 0 Å². The first-order valence-corrected chi connectivity index (χ1v) is 8.29. The molecule has 0 radical (unpaired) electrons. The Labute approximate surface area is 128 Å². The van der Waals surface area contributed by atoms with Crippen molar-refractivity contribution in [3.05, 3.63) is 0 Å². The van der Waals surface area contributed by atoms with Gasteiger partial charge in [0.15, 0.2) is 0 Å². The van der Waals surface area contributed by atoms with E-state index in [2.05, 4.69) is 5.32 Å². The molecule has 1 saturated carbocycles. The summed E-state index contributed by atoms with van der Waals surface area (Å²) in [5.74, 6) is 0. The minimum atomic E-state index is -0.446. The van der Waals surface area contributed by atoms with Crippen LogP contribution < -0.4 is 11.1 Å². The van der Waals surface area contributed by atoms with E-state index in [1.807, 2.05) is 25.7 Å². The summed E-state index contributed by atoms with van der Waals surface area (Å²) in [5.41, 5.74) is 5.48. The van der Waals surface area contributed by atoms with Crippen molar-refractivity contribution in [1.29, 1.82) is 0 Å². The van der Waals surface area contributed by atoms with Crippen LogP contribution in [0.5, 0.6) is 0 Å². The lowest BCUT2D eigenvalue weighted by atomic mass is 9.88. The molecule has 0 aromatic carbocycles. The first-order chi connectivity index (χ1) is 9.84. The number of piperidine rings is 1. The molecule has 2 aliphatic rings. The van der Waals surface area contributed by atoms with Crippen molar-refractivity contribution in [3.8, 4) is 0 Å². The number of hydrogen-bond donors (Lipinski definition) is 2. The van der Waals surface area contributed by atoms with Gasteiger partial charge in [-0.3, -0.25) is 0 Å². The average molecular weight is 297 g/mol. The molecule has 1 aliphatic carbocycles. The van der Waals surface area contributed by atoms with Crippen molar-refractivity contribution in [3.63, 3.8) is 0 Å². The SMILES string of the molecule is CC(C)(C)OC(=O)N1CCCC(CN)(NC2CCCC2)C1. The zero-order valence-corrected chi connectivity index (χ0v) is 13.8. The topological polar surface area (TPSA) is 67.6 Å². The number of rotatable bonds is 3. The van der Waals surface area contributed by atoms with E-state index < -0.39 is 5.60 Å². The molecule has 21 heavy (non-hydrogen) atoms. The molecular weight excluding hydrogens is 266 g/mol. The van der Waals surface area contributed by atoms with Crippen LogP contribution in [0.4, 0.5) is 4.79 Å². The summed E-state index contributed by atoms with van der Waals surface area (Å²) >= 11 is 0. The fourth-order valence-electron chi connectivity index (χ4n) is 3.46. The minimum Gasteiger partial charge on any atom is -0.444 e. The van der Waals surface area contributed by atoms with Crippen molar-refractivity contribution in [2.75, 3.05) is 19.6 Å². The molecule has 3 N–H and O–H groups in total. The van der Waals surface area contributed by atoms with Crippen LogP contribution in [-0.4, -0.2) is 47.8 Å². The second-order valence-electron chi connectivity index (χ2n) is 7.62. The van der Waals surface area contributed by atoms with Gasteiger partial charge in [0, 0.05) is 31.2 Å². The first-order valence-electron chi connectivity index (χ1n) is 8.29. The molecule has 1 atom stereocenters. The maximum atomic E-state index is 12.3. The Kier molecular flexibility index (Phi) is 5.15. The molecule has 122 valence electrons. The number of carbonyl (C=O) groups excluding carboxylic acids is 1. The van der Waals surface area contributed by atoms with Gasteiger partial charge >= 0.3 is 6.09 Å². The second kappa shape index (κ2) is 6.53. The van der Waals surface area contributed by atoms with Gasteiger partial charge in [-0.2, -0.15) is 0 Å². The molecule has 2 fully saturated rings. The molecule has 0 aromatic rings. The number of nitrogens with two attached hydrogens (primary N) is 1. The predicted molar refractivity (Wildman–Crippen MR) is 84.2 cm³/mol. The molecule has 0 spiro atoms. The fraction of sp³-hybridized carbons (Fsp3) is 0.938. The number of carbonyl (C=O) groups is 1. The number of nitrogens with zero attached hydrogens (tertiary/aromatic N) is 1. The van der Waals surface area contributed by atoms with Crippen LogP contribution >= 0.6 is 0 Å². The molecule has 5 nitrogen and oxygen atoms in total. The lowest BCUT2D eigenvalue weighted by Crippen LogP contribution is -2.64. The zero-order chi connectivity index (χ0) is 15.5. The van der Waals surface area contributed by atoms with Gasteiger partial charge in [-0.25, -0.2) is 4.79 Å². The summed E-state index contributed by atoms with van der Waals surface area (Å²) in [6.45, 7) is 7.71. The molecule has 1 aliphatic heterocycles. The minimum absolute atomic E-state index is 0.135. The van der Waals surface area contributed by atoms with E-state index in [-0.39, 0.29) is 11.6 Å². The van der Waals surface area contributed by atoms with Gasteiger partial charge in [-0.05, 0) is 46.5 Å². The fourth-order valence-corrected chi connectivity index (χ4v) is 3.46. The summed E-state index contributed by atoms with van der Waals surface area (Å²) in [5, 5.41) is 3.75. The molecule has 0 aromatic heterocycles. The highest BCUT2D eigenvalue weighted by Gasteiger charge is 2.39. The van der Waals surface area contributed by atoms with Crippen molar-refractivity contribution in [1.82, 2.24) is 10.2 Å². The van der Waals surface area contributed by atoms with Crippen molar-refractivity contribution >= 4 is 6.09 Å². The first kappa shape index (κ1) is 16.6. The Hall–Kier alpha value is -0.810. The number of nitrogens with one attached hydrogen (secondary N) is 1. The highest BCUT2D eigenvalue weighted by Crippen LogP contribution is 2.26. The van der Waals surface area contributed by atoms with Crippen LogP contribution in [0.1, 0.15) is 59.3 Å². The van der Waals surface area contributed by atoms with Gasteiger partial charge < -0.3 is 20.7 Å². The summed E-state index contributed by atoms with van der Waals surface area (Å²) in [6, 6.07) is 0.562. The number of hydrogen-bond acceptors (Lipinski definition) is 4. The van der Waals surface area contributed by atoms with Gasteiger partial charge in [-0.1, -0.05) is 12.8 Å². The van der Waals surface area contributed by atoms with E-state index in [4.69, 9.17) is 10.5 Å². The highest BCUT2D eigenvalue weighted by molar-refractivity contribution is 5.68. The van der Waals surface area contributed by atoms with E-state index in [0.717, 1.165) is 19.4 Å². The second-order valence-corrected chi connectivity index (χ2v) is 7.62. The molecule has 1 unspecified atom stereocenters. The maximum absolute atomic E-state index is 12.3. The van der Waals surface area contributed by atoms with E-state index in [0.29, 0.717) is 19.1 Å².